The normalized spacial score (nSPS) is 10.1. The second-order valence-corrected chi connectivity index (χ2v) is 4.56. The first kappa shape index (κ1) is 14.2. The summed E-state index contributed by atoms with van der Waals surface area (Å²) in [5, 5.41) is 0.626. The molecule has 0 saturated carbocycles. The molecule has 0 radical (unpaired) electrons. The third kappa shape index (κ3) is 3.22. The molecule has 1 amide bonds. The molecule has 0 fully saturated rings. The van der Waals surface area contributed by atoms with Crippen molar-refractivity contribution >= 4 is 17.5 Å². The van der Waals surface area contributed by atoms with Crippen LogP contribution in [-0.2, 0) is 6.61 Å². The Morgan fingerprint density at radius 2 is 2.00 bits per heavy atom. The number of benzene rings is 2. The van der Waals surface area contributed by atoms with E-state index in [4.69, 9.17) is 26.8 Å². The van der Waals surface area contributed by atoms with Crippen LogP contribution in [0.3, 0.4) is 0 Å². The van der Waals surface area contributed by atoms with Crippen LogP contribution in [0.4, 0.5) is 0 Å². The lowest BCUT2D eigenvalue weighted by atomic mass is 10.1. The smallest absolute Gasteiger partial charge is 0.252 e. The van der Waals surface area contributed by atoms with Crippen molar-refractivity contribution in [2.45, 2.75) is 6.61 Å². The summed E-state index contributed by atoms with van der Waals surface area (Å²) in [6.45, 7) is 0.265. The number of carbonyl (C=O) groups excluding carboxylic acids is 1. The van der Waals surface area contributed by atoms with Gasteiger partial charge in [0.1, 0.15) is 6.61 Å². The number of carbonyl (C=O) groups is 1. The van der Waals surface area contributed by atoms with Gasteiger partial charge in [-0.05, 0) is 29.8 Å². The maximum Gasteiger partial charge on any atom is 0.252 e. The number of halogens is 1. The van der Waals surface area contributed by atoms with E-state index in [0.717, 1.165) is 5.56 Å². The summed E-state index contributed by atoms with van der Waals surface area (Å²) in [7, 11) is 1.51. The van der Waals surface area contributed by atoms with Gasteiger partial charge in [0.15, 0.2) is 11.5 Å². The van der Waals surface area contributed by atoms with E-state index in [1.54, 1.807) is 30.3 Å². The molecule has 2 aromatic carbocycles. The van der Waals surface area contributed by atoms with Gasteiger partial charge in [-0.15, -0.1) is 0 Å². The van der Waals surface area contributed by atoms with E-state index in [9.17, 15) is 4.79 Å². The third-order valence-corrected chi connectivity index (χ3v) is 2.97. The highest BCUT2D eigenvalue weighted by atomic mass is 35.5. The molecular weight excluding hydrogens is 278 g/mol. The first-order valence-corrected chi connectivity index (χ1v) is 6.33. The number of amides is 1. The number of nitrogens with two attached hydrogens (primary N) is 1. The Hall–Kier alpha value is -2.20. The van der Waals surface area contributed by atoms with Gasteiger partial charge >= 0.3 is 0 Å². The van der Waals surface area contributed by atoms with Gasteiger partial charge in [0, 0.05) is 5.02 Å². The molecule has 2 rings (SSSR count). The zero-order valence-electron chi connectivity index (χ0n) is 10.9. The number of methoxy groups -OCH3 is 1. The molecule has 0 bridgehead atoms. The molecule has 20 heavy (non-hydrogen) atoms. The molecule has 2 aromatic rings. The number of primary amides is 1. The van der Waals surface area contributed by atoms with Crippen LogP contribution in [0.25, 0.3) is 0 Å². The molecule has 0 aliphatic heterocycles. The number of rotatable bonds is 5. The maximum atomic E-state index is 11.4. The average molecular weight is 292 g/mol. The lowest BCUT2D eigenvalue weighted by Gasteiger charge is -2.13. The summed E-state index contributed by atoms with van der Waals surface area (Å²) in [5.74, 6) is 0.232. The molecule has 0 spiro atoms. The van der Waals surface area contributed by atoms with E-state index in [1.807, 2.05) is 12.1 Å². The van der Waals surface area contributed by atoms with Gasteiger partial charge in [0.05, 0.1) is 12.7 Å². The predicted octanol–water partition coefficient (Wildman–Crippen LogP) is 3.03. The molecule has 0 atom stereocenters. The average Bonchev–Trinajstić information content (AvgIpc) is 2.44. The van der Waals surface area contributed by atoms with Crippen molar-refractivity contribution in [2.24, 2.45) is 5.73 Å². The fraction of sp³-hybridized carbons (Fsp3) is 0.133. The molecule has 0 saturated heterocycles. The molecule has 0 heterocycles. The first-order chi connectivity index (χ1) is 9.61. The van der Waals surface area contributed by atoms with Crippen LogP contribution in [0.2, 0.25) is 5.02 Å². The Kier molecular flexibility index (Phi) is 4.48. The minimum atomic E-state index is -0.565. The second-order valence-electron chi connectivity index (χ2n) is 4.12. The lowest BCUT2D eigenvalue weighted by Crippen LogP contribution is -2.13. The molecule has 0 aromatic heterocycles. The monoisotopic (exact) mass is 291 g/mol. The van der Waals surface area contributed by atoms with Crippen LogP contribution < -0.4 is 15.2 Å². The molecular formula is C15H14ClNO3. The molecule has 2 N–H and O–H groups in total. The largest absolute Gasteiger partial charge is 0.493 e. The fourth-order valence-corrected chi connectivity index (χ4v) is 2.01. The summed E-state index contributed by atoms with van der Waals surface area (Å²) in [6, 6.07) is 12.3. The minimum Gasteiger partial charge on any atom is -0.493 e. The van der Waals surface area contributed by atoms with E-state index in [0.29, 0.717) is 16.5 Å². The van der Waals surface area contributed by atoms with E-state index in [-0.39, 0.29) is 12.2 Å². The van der Waals surface area contributed by atoms with E-state index in [1.165, 1.54) is 7.11 Å². The van der Waals surface area contributed by atoms with Crippen LogP contribution in [-0.4, -0.2) is 13.0 Å². The Labute approximate surface area is 122 Å². The van der Waals surface area contributed by atoms with Gasteiger partial charge in [-0.1, -0.05) is 29.8 Å². The van der Waals surface area contributed by atoms with Gasteiger partial charge in [-0.2, -0.15) is 0 Å². The van der Waals surface area contributed by atoms with Gasteiger partial charge in [-0.25, -0.2) is 0 Å². The zero-order valence-corrected chi connectivity index (χ0v) is 11.7. The maximum absolute atomic E-state index is 11.4. The molecule has 104 valence electrons. The molecule has 0 aliphatic rings. The van der Waals surface area contributed by atoms with Crippen molar-refractivity contribution in [1.82, 2.24) is 0 Å². The van der Waals surface area contributed by atoms with Gasteiger partial charge < -0.3 is 15.2 Å². The summed E-state index contributed by atoms with van der Waals surface area (Å²) in [4.78, 5) is 11.4. The summed E-state index contributed by atoms with van der Waals surface area (Å²) < 4.78 is 10.9. The van der Waals surface area contributed by atoms with E-state index >= 15 is 0 Å². The van der Waals surface area contributed by atoms with Crippen molar-refractivity contribution < 1.29 is 14.3 Å². The Morgan fingerprint density at radius 3 is 2.65 bits per heavy atom. The van der Waals surface area contributed by atoms with Crippen LogP contribution in [0.1, 0.15) is 15.9 Å². The molecule has 4 nitrogen and oxygen atoms in total. The third-order valence-electron chi connectivity index (χ3n) is 2.74. The van der Waals surface area contributed by atoms with Crippen LogP contribution in [0, 0.1) is 0 Å². The molecule has 5 heteroatoms. The standard InChI is InChI=1S/C15H14ClNO3/c1-19-13-7-3-6-12(15(17)18)14(13)20-9-10-4-2-5-11(16)8-10/h2-8H,9H2,1H3,(H2,17,18). The van der Waals surface area contributed by atoms with Gasteiger partial charge in [0.25, 0.3) is 5.91 Å². The van der Waals surface area contributed by atoms with Crippen LogP contribution in [0.5, 0.6) is 11.5 Å². The number of para-hydroxylation sites is 1. The van der Waals surface area contributed by atoms with Crippen molar-refractivity contribution in [1.29, 1.82) is 0 Å². The number of hydrogen-bond donors (Lipinski definition) is 1. The highest BCUT2D eigenvalue weighted by Gasteiger charge is 2.14. The molecule has 0 unspecified atom stereocenters. The van der Waals surface area contributed by atoms with Crippen molar-refractivity contribution in [3.05, 3.63) is 58.6 Å². The van der Waals surface area contributed by atoms with Gasteiger partial charge in [0.2, 0.25) is 0 Å². The summed E-state index contributed by atoms with van der Waals surface area (Å²) >= 11 is 5.91. The summed E-state index contributed by atoms with van der Waals surface area (Å²) in [5.41, 5.74) is 6.51. The second kappa shape index (κ2) is 6.30. The lowest BCUT2D eigenvalue weighted by molar-refractivity contribution is 0.0995. The quantitative estimate of drug-likeness (QED) is 0.921. The Morgan fingerprint density at radius 1 is 1.25 bits per heavy atom. The van der Waals surface area contributed by atoms with E-state index in [2.05, 4.69) is 0 Å². The Bertz CT molecular complexity index is 628. The van der Waals surface area contributed by atoms with E-state index < -0.39 is 5.91 Å². The van der Waals surface area contributed by atoms with Crippen LogP contribution in [0.15, 0.2) is 42.5 Å². The van der Waals surface area contributed by atoms with Crippen LogP contribution >= 0.6 is 11.6 Å². The minimum absolute atomic E-state index is 0.265. The number of hydrogen-bond acceptors (Lipinski definition) is 3. The SMILES string of the molecule is COc1cccc(C(N)=O)c1OCc1cccc(Cl)c1. The highest BCUT2D eigenvalue weighted by Crippen LogP contribution is 2.31. The topological polar surface area (TPSA) is 61.5 Å². The predicted molar refractivity (Wildman–Crippen MR) is 77.3 cm³/mol. The van der Waals surface area contributed by atoms with Crippen molar-refractivity contribution in [2.75, 3.05) is 7.11 Å². The van der Waals surface area contributed by atoms with Crippen molar-refractivity contribution in [3.63, 3.8) is 0 Å². The van der Waals surface area contributed by atoms with Gasteiger partial charge in [-0.3, -0.25) is 4.79 Å². The van der Waals surface area contributed by atoms with Crippen molar-refractivity contribution in [3.8, 4) is 11.5 Å². The zero-order chi connectivity index (χ0) is 14.5. The fourth-order valence-electron chi connectivity index (χ4n) is 1.80. The Balaban J connectivity index is 2.26. The molecule has 0 aliphatic carbocycles. The summed E-state index contributed by atoms with van der Waals surface area (Å²) in [6.07, 6.45) is 0. The first-order valence-electron chi connectivity index (χ1n) is 5.96. The number of ether oxygens (including phenoxy) is 2. The highest BCUT2D eigenvalue weighted by molar-refractivity contribution is 6.30.